The lowest BCUT2D eigenvalue weighted by Crippen LogP contribution is -2.29. The summed E-state index contributed by atoms with van der Waals surface area (Å²) in [6.45, 7) is 3.89. The highest BCUT2D eigenvalue weighted by molar-refractivity contribution is 7.98. The molecule has 1 N–H and O–H groups in total. The van der Waals surface area contributed by atoms with Gasteiger partial charge in [-0.25, -0.2) is 9.48 Å². The second-order valence-corrected chi connectivity index (χ2v) is 8.60. The van der Waals surface area contributed by atoms with Crippen LogP contribution in [0.25, 0.3) is 0 Å². The molecule has 1 aromatic carbocycles. The molecule has 0 saturated carbocycles. The number of nitrogens with one attached hydrogen (secondary N) is 1. The van der Waals surface area contributed by atoms with E-state index in [1.807, 2.05) is 24.4 Å². The molecular weight excluding hydrogens is 438 g/mol. The Balaban J connectivity index is 1.60. The predicted octanol–water partition coefficient (Wildman–Crippen LogP) is 4.39. The zero-order chi connectivity index (χ0) is 22.0. The molecule has 4 rings (SSSR count). The molecule has 160 valence electrons. The predicted molar refractivity (Wildman–Crippen MR) is 118 cm³/mol. The summed E-state index contributed by atoms with van der Waals surface area (Å²) >= 11 is 2.95. The molecular formula is C20H19N5O4S2. The van der Waals surface area contributed by atoms with Gasteiger partial charge in [-0.3, -0.25) is 10.1 Å². The number of anilines is 1. The molecule has 11 heteroatoms. The average Bonchev–Trinajstić information content (AvgIpc) is 3.41. The van der Waals surface area contributed by atoms with Crippen LogP contribution in [0.15, 0.2) is 58.2 Å². The third-order valence-electron chi connectivity index (χ3n) is 4.66. The minimum Gasteiger partial charge on any atom is -0.463 e. The first-order valence-electron chi connectivity index (χ1n) is 9.49. The van der Waals surface area contributed by atoms with Gasteiger partial charge in [-0.15, -0.1) is 16.4 Å². The van der Waals surface area contributed by atoms with Crippen LogP contribution < -0.4 is 5.32 Å². The van der Waals surface area contributed by atoms with Gasteiger partial charge >= 0.3 is 5.97 Å². The summed E-state index contributed by atoms with van der Waals surface area (Å²) in [5.41, 5.74) is 2.17. The monoisotopic (exact) mass is 457 g/mol. The third-order valence-corrected chi connectivity index (χ3v) is 6.49. The number of carbonyl (C=O) groups is 1. The number of allylic oxidation sites excluding steroid dienone is 1. The van der Waals surface area contributed by atoms with E-state index in [0.717, 1.165) is 10.4 Å². The van der Waals surface area contributed by atoms with Crippen molar-refractivity contribution in [2.24, 2.45) is 0 Å². The molecule has 0 aliphatic carbocycles. The number of aromatic nitrogens is 3. The second kappa shape index (κ2) is 8.90. The molecule has 3 aromatic rings. The maximum absolute atomic E-state index is 12.7. The van der Waals surface area contributed by atoms with E-state index < -0.39 is 11.0 Å². The summed E-state index contributed by atoms with van der Waals surface area (Å²) in [6.07, 6.45) is 0. The number of hydrogen-bond donors (Lipinski definition) is 1. The maximum Gasteiger partial charge on any atom is 0.338 e. The summed E-state index contributed by atoms with van der Waals surface area (Å²) in [7, 11) is 0. The van der Waals surface area contributed by atoms with Crippen molar-refractivity contribution in [3.8, 4) is 0 Å². The molecule has 1 aliphatic heterocycles. The Morgan fingerprint density at radius 1 is 1.35 bits per heavy atom. The number of ether oxygens (including phenoxy) is 1. The van der Waals surface area contributed by atoms with Crippen LogP contribution in [0.5, 0.6) is 0 Å². The lowest BCUT2D eigenvalue weighted by Gasteiger charge is -2.26. The van der Waals surface area contributed by atoms with Gasteiger partial charge in [-0.2, -0.15) is 4.98 Å². The molecule has 31 heavy (non-hydrogen) atoms. The van der Waals surface area contributed by atoms with E-state index in [9.17, 15) is 14.9 Å². The number of non-ortho nitro benzene ring substituents is 1. The quantitative estimate of drug-likeness (QED) is 0.241. The zero-order valence-electron chi connectivity index (χ0n) is 16.8. The normalized spacial score (nSPS) is 15.4. The molecule has 0 radical (unpaired) electrons. The molecule has 0 fully saturated rings. The zero-order valence-corrected chi connectivity index (χ0v) is 18.4. The number of thioether (sulfide) groups is 1. The van der Waals surface area contributed by atoms with Crippen molar-refractivity contribution < 1.29 is 14.5 Å². The van der Waals surface area contributed by atoms with Gasteiger partial charge in [0.2, 0.25) is 11.1 Å². The van der Waals surface area contributed by atoms with E-state index in [4.69, 9.17) is 4.74 Å². The molecule has 0 bridgehead atoms. The van der Waals surface area contributed by atoms with Gasteiger partial charge in [-0.1, -0.05) is 30.0 Å². The van der Waals surface area contributed by atoms with Crippen LogP contribution >= 0.6 is 23.1 Å². The lowest BCUT2D eigenvalue weighted by molar-refractivity contribution is -0.384. The number of nitrogens with zero attached hydrogens (tertiary/aromatic N) is 4. The SMILES string of the molecule is CCOC(=O)C1=C(C)Nc2nc(SCc3ccc([N+](=O)[O-])cc3)nn2[C@H]1c1cccs1. The summed E-state index contributed by atoms with van der Waals surface area (Å²) in [5.74, 6) is 0.727. The average molecular weight is 458 g/mol. The highest BCUT2D eigenvalue weighted by Crippen LogP contribution is 2.38. The maximum atomic E-state index is 12.7. The molecule has 1 aliphatic rings. The van der Waals surface area contributed by atoms with Crippen molar-refractivity contribution >= 4 is 40.7 Å². The third kappa shape index (κ3) is 4.32. The van der Waals surface area contributed by atoms with E-state index in [0.29, 0.717) is 28.1 Å². The lowest BCUT2D eigenvalue weighted by atomic mass is 10.0. The summed E-state index contributed by atoms with van der Waals surface area (Å²) in [4.78, 5) is 28.6. The van der Waals surface area contributed by atoms with Gasteiger partial charge in [-0.05, 0) is 30.9 Å². The number of nitro groups is 1. The minimum atomic E-state index is -0.422. The van der Waals surface area contributed by atoms with Gasteiger partial charge in [0.1, 0.15) is 6.04 Å². The Labute approximate surface area is 186 Å². The van der Waals surface area contributed by atoms with E-state index in [-0.39, 0.29) is 18.3 Å². The van der Waals surface area contributed by atoms with Crippen LogP contribution in [0.4, 0.5) is 11.6 Å². The molecule has 0 spiro atoms. The van der Waals surface area contributed by atoms with Crippen LogP contribution in [0.2, 0.25) is 0 Å². The van der Waals surface area contributed by atoms with Crippen LogP contribution in [0.1, 0.15) is 30.3 Å². The summed E-state index contributed by atoms with van der Waals surface area (Å²) in [5, 5.41) is 21.1. The van der Waals surface area contributed by atoms with E-state index >= 15 is 0 Å². The Bertz CT molecular complexity index is 1140. The van der Waals surface area contributed by atoms with Gasteiger partial charge in [0.05, 0.1) is 17.1 Å². The highest BCUT2D eigenvalue weighted by Gasteiger charge is 2.35. The second-order valence-electron chi connectivity index (χ2n) is 6.68. The first-order chi connectivity index (χ1) is 15.0. The number of benzene rings is 1. The molecule has 1 atom stereocenters. The Kier molecular flexibility index (Phi) is 6.05. The van der Waals surface area contributed by atoms with Crippen molar-refractivity contribution in [2.45, 2.75) is 30.8 Å². The van der Waals surface area contributed by atoms with Crippen LogP contribution in [0, 0.1) is 10.1 Å². The number of nitro benzene ring substituents is 1. The smallest absolute Gasteiger partial charge is 0.338 e. The number of hydrogen-bond acceptors (Lipinski definition) is 9. The molecule has 2 aromatic heterocycles. The first kappa shape index (κ1) is 21.1. The summed E-state index contributed by atoms with van der Waals surface area (Å²) < 4.78 is 7.00. The van der Waals surface area contributed by atoms with Gasteiger partial charge in [0.15, 0.2) is 0 Å². The highest BCUT2D eigenvalue weighted by atomic mass is 32.2. The van der Waals surface area contributed by atoms with Crippen molar-refractivity contribution in [1.29, 1.82) is 0 Å². The van der Waals surface area contributed by atoms with Crippen LogP contribution in [-0.2, 0) is 15.3 Å². The molecule has 0 saturated heterocycles. The van der Waals surface area contributed by atoms with Gasteiger partial charge in [0, 0.05) is 28.5 Å². The number of rotatable bonds is 7. The fourth-order valence-electron chi connectivity index (χ4n) is 3.24. The largest absolute Gasteiger partial charge is 0.463 e. The molecule has 0 amide bonds. The molecule has 0 unspecified atom stereocenters. The van der Waals surface area contributed by atoms with E-state index in [2.05, 4.69) is 15.4 Å². The molecule has 3 heterocycles. The number of esters is 1. The van der Waals surface area contributed by atoms with Crippen LogP contribution in [-0.4, -0.2) is 32.3 Å². The summed E-state index contributed by atoms with van der Waals surface area (Å²) in [6, 6.07) is 9.88. The van der Waals surface area contributed by atoms with E-state index in [1.54, 1.807) is 23.7 Å². The van der Waals surface area contributed by atoms with Crippen molar-refractivity contribution in [3.05, 3.63) is 73.6 Å². The topological polar surface area (TPSA) is 112 Å². The molecule has 9 nitrogen and oxygen atoms in total. The first-order valence-corrected chi connectivity index (χ1v) is 11.4. The number of carbonyl (C=O) groups excluding carboxylic acids is 1. The van der Waals surface area contributed by atoms with Gasteiger partial charge < -0.3 is 10.1 Å². The standard InChI is InChI=1S/C20H19N5O4S2/c1-3-29-18(26)16-12(2)21-19-22-20(23-24(19)17(16)15-5-4-10-30-15)31-11-13-6-8-14(9-7-13)25(27)28/h4-10,17H,3,11H2,1-2H3,(H,21,22,23)/t17-/m0/s1. The van der Waals surface area contributed by atoms with Crippen molar-refractivity contribution in [1.82, 2.24) is 14.8 Å². The van der Waals surface area contributed by atoms with E-state index in [1.165, 1.54) is 35.2 Å². The number of thiophene rings is 1. The fraction of sp³-hybridized carbons (Fsp3) is 0.250. The Morgan fingerprint density at radius 3 is 2.77 bits per heavy atom. The number of fused-ring (bicyclic) bond motifs is 1. The Hall–Kier alpha value is -3.18. The fourth-order valence-corrected chi connectivity index (χ4v) is 4.84. The Morgan fingerprint density at radius 2 is 2.13 bits per heavy atom. The van der Waals surface area contributed by atoms with Crippen LogP contribution in [0.3, 0.4) is 0 Å². The van der Waals surface area contributed by atoms with Crippen molar-refractivity contribution in [3.63, 3.8) is 0 Å². The van der Waals surface area contributed by atoms with Crippen molar-refractivity contribution in [2.75, 3.05) is 11.9 Å². The van der Waals surface area contributed by atoms with Gasteiger partial charge in [0.25, 0.3) is 5.69 Å². The minimum absolute atomic E-state index is 0.0559.